The van der Waals surface area contributed by atoms with Crippen LogP contribution >= 0.6 is 0 Å². The minimum absolute atomic E-state index is 0.487. The zero-order valence-corrected chi connectivity index (χ0v) is 14.6. The largest absolute Gasteiger partial charge is 0.492 e. The van der Waals surface area contributed by atoms with Crippen molar-refractivity contribution in [2.45, 2.75) is 32.9 Å². The molecule has 0 amide bonds. The molecule has 3 rings (SSSR count). The van der Waals surface area contributed by atoms with Gasteiger partial charge in [-0.25, -0.2) is 0 Å². The summed E-state index contributed by atoms with van der Waals surface area (Å²) in [4.78, 5) is 2.43. The predicted octanol–water partition coefficient (Wildman–Crippen LogP) is 3.81. The second-order valence-electron chi connectivity index (χ2n) is 7.05. The number of nitrogens with zero attached hydrogens (tertiary/aromatic N) is 1. The molecule has 2 aromatic rings. The van der Waals surface area contributed by atoms with Crippen LogP contribution in [0.2, 0.25) is 0 Å². The van der Waals surface area contributed by atoms with Gasteiger partial charge in [-0.2, -0.15) is 0 Å². The Morgan fingerprint density at radius 3 is 2.67 bits per heavy atom. The van der Waals surface area contributed by atoms with E-state index in [-0.39, 0.29) is 0 Å². The number of benzene rings is 2. The third-order valence-corrected chi connectivity index (χ3v) is 4.42. The minimum atomic E-state index is -0.487. The van der Waals surface area contributed by atoms with Gasteiger partial charge in [-0.15, -0.1) is 0 Å². The molecule has 1 aliphatic heterocycles. The number of hydrogen-bond acceptors (Lipinski definition) is 3. The molecule has 1 N–H and O–H groups in total. The smallest absolute Gasteiger partial charge is 0.123 e. The maximum Gasteiger partial charge on any atom is 0.123 e. The molecule has 1 unspecified atom stereocenters. The Morgan fingerprint density at radius 1 is 1.12 bits per heavy atom. The van der Waals surface area contributed by atoms with Crippen molar-refractivity contribution in [3.05, 3.63) is 65.2 Å². The fraction of sp³-hybridized carbons (Fsp3) is 0.429. The molecule has 24 heavy (non-hydrogen) atoms. The number of aliphatic hydroxyl groups excluding tert-OH is 1. The molecular formula is C21H27NO2. The summed E-state index contributed by atoms with van der Waals surface area (Å²) in [6.45, 7) is 8.12. The number of hydrogen-bond donors (Lipinski definition) is 1. The highest BCUT2D eigenvalue weighted by Crippen LogP contribution is 2.28. The normalized spacial score (nSPS) is 16.3. The molecule has 0 aliphatic carbocycles. The first-order chi connectivity index (χ1) is 11.6. The zero-order valence-electron chi connectivity index (χ0n) is 14.6. The van der Waals surface area contributed by atoms with E-state index in [4.69, 9.17) is 4.74 Å². The van der Waals surface area contributed by atoms with Crippen molar-refractivity contribution >= 4 is 0 Å². The van der Waals surface area contributed by atoms with Crippen molar-refractivity contribution in [1.29, 1.82) is 0 Å². The molecule has 0 saturated carbocycles. The third kappa shape index (κ3) is 4.37. The molecule has 3 nitrogen and oxygen atoms in total. The van der Waals surface area contributed by atoms with Crippen LogP contribution in [0.1, 0.15) is 36.6 Å². The van der Waals surface area contributed by atoms with Crippen LogP contribution in [0.25, 0.3) is 0 Å². The fourth-order valence-electron chi connectivity index (χ4n) is 3.30. The van der Waals surface area contributed by atoms with Gasteiger partial charge >= 0.3 is 0 Å². The first-order valence-corrected chi connectivity index (χ1v) is 8.82. The van der Waals surface area contributed by atoms with E-state index >= 15 is 0 Å². The van der Waals surface area contributed by atoms with Gasteiger partial charge in [0.1, 0.15) is 12.4 Å². The van der Waals surface area contributed by atoms with Crippen LogP contribution in [-0.2, 0) is 13.0 Å². The molecule has 0 saturated heterocycles. The van der Waals surface area contributed by atoms with Gasteiger partial charge in [0.15, 0.2) is 0 Å². The lowest BCUT2D eigenvalue weighted by Crippen LogP contribution is -2.29. The van der Waals surface area contributed by atoms with Crippen molar-refractivity contribution in [2.75, 3.05) is 19.7 Å². The van der Waals surface area contributed by atoms with Crippen molar-refractivity contribution in [2.24, 2.45) is 5.92 Å². The van der Waals surface area contributed by atoms with E-state index in [0.717, 1.165) is 43.1 Å². The predicted molar refractivity (Wildman–Crippen MR) is 97.2 cm³/mol. The van der Waals surface area contributed by atoms with E-state index < -0.39 is 6.10 Å². The molecular weight excluding hydrogens is 298 g/mol. The molecule has 128 valence electrons. The zero-order chi connectivity index (χ0) is 16.9. The summed E-state index contributed by atoms with van der Waals surface area (Å²) in [5.74, 6) is 1.59. The van der Waals surface area contributed by atoms with Gasteiger partial charge in [0.2, 0.25) is 0 Å². The number of ether oxygens (including phenoxy) is 1. The van der Waals surface area contributed by atoms with Gasteiger partial charge in [0.05, 0.1) is 6.10 Å². The van der Waals surface area contributed by atoms with E-state index in [2.05, 4.69) is 36.9 Å². The molecule has 0 aromatic heterocycles. The highest BCUT2D eigenvalue weighted by atomic mass is 16.5. The summed E-state index contributed by atoms with van der Waals surface area (Å²) >= 11 is 0. The van der Waals surface area contributed by atoms with Crippen molar-refractivity contribution in [3.63, 3.8) is 0 Å². The maximum atomic E-state index is 10.6. The van der Waals surface area contributed by atoms with E-state index in [1.807, 2.05) is 30.3 Å². The molecule has 3 heteroatoms. The van der Waals surface area contributed by atoms with E-state index in [1.165, 1.54) is 5.56 Å². The minimum Gasteiger partial charge on any atom is -0.492 e. The van der Waals surface area contributed by atoms with Gasteiger partial charge in [0, 0.05) is 31.6 Å². The lowest BCUT2D eigenvalue weighted by Gasteiger charge is -2.21. The second-order valence-corrected chi connectivity index (χ2v) is 7.05. The summed E-state index contributed by atoms with van der Waals surface area (Å²) in [6.07, 6.45) is 0.149. The molecule has 1 atom stereocenters. The highest BCUT2D eigenvalue weighted by molar-refractivity contribution is 5.39. The summed E-state index contributed by atoms with van der Waals surface area (Å²) in [5.41, 5.74) is 3.29. The number of fused-ring (bicyclic) bond motifs is 1. The summed E-state index contributed by atoms with van der Waals surface area (Å²) in [6, 6.07) is 16.2. The van der Waals surface area contributed by atoms with Crippen LogP contribution in [0.4, 0.5) is 0 Å². The molecule has 2 aromatic carbocycles. The van der Waals surface area contributed by atoms with Crippen molar-refractivity contribution < 1.29 is 9.84 Å². The Bertz CT molecular complexity index is 654. The van der Waals surface area contributed by atoms with Crippen LogP contribution < -0.4 is 4.74 Å². The Labute approximate surface area is 144 Å². The molecule has 0 fully saturated rings. The first-order valence-electron chi connectivity index (χ1n) is 8.82. The number of aliphatic hydroxyl groups is 1. The van der Waals surface area contributed by atoms with E-state index in [0.29, 0.717) is 12.3 Å². The van der Waals surface area contributed by atoms with Gasteiger partial charge in [-0.1, -0.05) is 50.2 Å². The third-order valence-electron chi connectivity index (χ3n) is 4.42. The van der Waals surface area contributed by atoms with Crippen molar-refractivity contribution in [1.82, 2.24) is 4.90 Å². The highest BCUT2D eigenvalue weighted by Gasteiger charge is 2.18. The van der Waals surface area contributed by atoms with Crippen LogP contribution in [0.5, 0.6) is 5.75 Å². The Balaban J connectivity index is 1.75. The summed E-state index contributed by atoms with van der Waals surface area (Å²) < 4.78 is 5.89. The number of rotatable bonds is 5. The quantitative estimate of drug-likeness (QED) is 0.907. The Morgan fingerprint density at radius 2 is 1.92 bits per heavy atom. The van der Waals surface area contributed by atoms with Crippen LogP contribution in [-0.4, -0.2) is 29.7 Å². The summed E-state index contributed by atoms with van der Waals surface area (Å²) in [7, 11) is 0. The standard InChI is InChI=1S/C21H27NO2/c1-16(2)14-22-10-11-24-21-9-8-18(13-19(21)15-22)20(23)12-17-6-4-3-5-7-17/h3-9,13,16,20,23H,10-12,14-15H2,1-2H3. The average Bonchev–Trinajstić information content (AvgIpc) is 2.76. The average molecular weight is 325 g/mol. The van der Waals surface area contributed by atoms with Crippen LogP contribution in [0, 0.1) is 5.92 Å². The molecule has 0 spiro atoms. The van der Waals surface area contributed by atoms with Crippen molar-refractivity contribution in [3.8, 4) is 5.75 Å². The van der Waals surface area contributed by atoms with Gasteiger partial charge in [-0.05, 0) is 29.2 Å². The maximum absolute atomic E-state index is 10.6. The van der Waals surface area contributed by atoms with E-state index in [9.17, 15) is 5.11 Å². The SMILES string of the molecule is CC(C)CN1CCOc2ccc(C(O)Cc3ccccc3)cc2C1. The van der Waals surface area contributed by atoms with Gasteiger partial charge in [-0.3, -0.25) is 4.90 Å². The Hall–Kier alpha value is -1.84. The monoisotopic (exact) mass is 325 g/mol. The first kappa shape index (κ1) is 17.0. The van der Waals surface area contributed by atoms with Gasteiger partial charge < -0.3 is 9.84 Å². The molecule has 1 aliphatic rings. The lowest BCUT2D eigenvalue weighted by molar-refractivity contribution is 0.178. The van der Waals surface area contributed by atoms with Crippen LogP contribution in [0.3, 0.4) is 0 Å². The second kappa shape index (κ2) is 7.82. The molecule has 0 bridgehead atoms. The van der Waals surface area contributed by atoms with Crippen LogP contribution in [0.15, 0.2) is 48.5 Å². The molecule has 1 heterocycles. The lowest BCUT2D eigenvalue weighted by atomic mass is 9.99. The van der Waals surface area contributed by atoms with Gasteiger partial charge in [0.25, 0.3) is 0 Å². The summed E-state index contributed by atoms with van der Waals surface area (Å²) in [5, 5.41) is 10.6. The Kier molecular flexibility index (Phi) is 5.54. The fourth-order valence-corrected chi connectivity index (χ4v) is 3.30. The molecule has 0 radical (unpaired) electrons. The van der Waals surface area contributed by atoms with E-state index in [1.54, 1.807) is 0 Å². The topological polar surface area (TPSA) is 32.7 Å².